The van der Waals surface area contributed by atoms with Crippen LogP contribution in [0.15, 0.2) is 5.10 Å². The van der Waals surface area contributed by atoms with Crippen molar-refractivity contribution in [1.29, 1.82) is 0 Å². The van der Waals surface area contributed by atoms with E-state index in [9.17, 15) is 0 Å². The molecule has 0 radical (unpaired) electrons. The molecule has 1 rings (SSSR count). The number of alkyl halides is 1. The van der Waals surface area contributed by atoms with Crippen LogP contribution in [-0.2, 0) is 0 Å². The van der Waals surface area contributed by atoms with Crippen LogP contribution in [0.3, 0.4) is 0 Å². The van der Waals surface area contributed by atoms with Crippen LogP contribution in [0.1, 0.15) is 13.3 Å². The molecule has 1 aliphatic rings. The average molecular weight is 162 g/mol. The Balaban J connectivity index is 2.41. The van der Waals surface area contributed by atoms with Gasteiger partial charge in [0.1, 0.15) is 6.34 Å². The van der Waals surface area contributed by atoms with E-state index in [4.69, 9.17) is 11.6 Å². The van der Waals surface area contributed by atoms with Gasteiger partial charge in [-0.1, -0.05) is 18.5 Å². The van der Waals surface area contributed by atoms with Crippen molar-refractivity contribution in [1.82, 2.24) is 9.91 Å². The zero-order valence-corrected chi connectivity index (χ0v) is 7.04. The lowest BCUT2D eigenvalue weighted by molar-refractivity contribution is 0.238. The van der Waals surface area contributed by atoms with Crippen molar-refractivity contribution in [2.24, 2.45) is 5.10 Å². The van der Waals surface area contributed by atoms with E-state index in [1.807, 2.05) is 11.9 Å². The quantitative estimate of drug-likeness (QED) is 0.447. The van der Waals surface area contributed by atoms with Crippen LogP contribution < -0.4 is 0 Å². The summed E-state index contributed by atoms with van der Waals surface area (Å²) < 4.78 is 0. The molecule has 0 aromatic rings. The molecule has 0 spiro atoms. The molecule has 1 atom stereocenters. The minimum absolute atomic E-state index is 0.0834. The van der Waals surface area contributed by atoms with E-state index in [2.05, 4.69) is 12.0 Å². The number of hydrogen-bond acceptors (Lipinski definition) is 3. The molecule has 0 saturated carbocycles. The first-order valence-corrected chi connectivity index (χ1v) is 3.86. The van der Waals surface area contributed by atoms with E-state index in [-0.39, 0.29) is 5.62 Å². The van der Waals surface area contributed by atoms with Gasteiger partial charge in [0.25, 0.3) is 0 Å². The first-order valence-electron chi connectivity index (χ1n) is 3.42. The lowest BCUT2D eigenvalue weighted by Crippen LogP contribution is -2.33. The zero-order valence-electron chi connectivity index (χ0n) is 6.29. The van der Waals surface area contributed by atoms with Crippen LogP contribution in [0.2, 0.25) is 0 Å². The maximum Gasteiger partial charge on any atom is 0.195 e. The summed E-state index contributed by atoms with van der Waals surface area (Å²) in [4.78, 5) is 2.00. The van der Waals surface area contributed by atoms with Gasteiger partial charge < -0.3 is 4.90 Å². The van der Waals surface area contributed by atoms with Gasteiger partial charge in [0.15, 0.2) is 5.62 Å². The van der Waals surface area contributed by atoms with Crippen molar-refractivity contribution in [3.63, 3.8) is 0 Å². The SMILES string of the molecule is CCCN1C=NN(C)C1Cl. The number of hydrogen-bond donors (Lipinski definition) is 0. The summed E-state index contributed by atoms with van der Waals surface area (Å²) in [6.45, 7) is 3.10. The van der Waals surface area contributed by atoms with Crippen LogP contribution in [0.25, 0.3) is 0 Å². The maximum absolute atomic E-state index is 5.93. The van der Waals surface area contributed by atoms with Crippen LogP contribution in [0, 0.1) is 0 Å². The van der Waals surface area contributed by atoms with Gasteiger partial charge in [0.05, 0.1) is 0 Å². The Morgan fingerprint density at radius 1 is 1.70 bits per heavy atom. The van der Waals surface area contributed by atoms with Crippen molar-refractivity contribution in [2.45, 2.75) is 19.0 Å². The summed E-state index contributed by atoms with van der Waals surface area (Å²) in [6, 6.07) is 0. The van der Waals surface area contributed by atoms with Crippen LogP contribution >= 0.6 is 11.6 Å². The molecule has 0 amide bonds. The first kappa shape index (κ1) is 7.66. The highest BCUT2D eigenvalue weighted by Gasteiger charge is 2.20. The standard InChI is InChI=1S/C6H12ClN3/c1-3-4-10-5-8-9(2)6(10)7/h5-6H,3-4H2,1-2H3. The van der Waals surface area contributed by atoms with Crippen molar-refractivity contribution in [3.8, 4) is 0 Å². The molecular formula is C6H12ClN3. The summed E-state index contributed by atoms with van der Waals surface area (Å²) in [5, 5.41) is 5.75. The largest absolute Gasteiger partial charge is 0.327 e. The Labute approximate surface area is 66.2 Å². The average Bonchev–Trinajstić information content (AvgIpc) is 2.20. The predicted molar refractivity (Wildman–Crippen MR) is 42.9 cm³/mol. The number of nitrogens with zero attached hydrogens (tertiary/aromatic N) is 3. The number of hydrazone groups is 1. The molecule has 0 N–H and O–H groups in total. The zero-order chi connectivity index (χ0) is 7.56. The molecule has 4 heteroatoms. The fourth-order valence-electron chi connectivity index (χ4n) is 0.895. The summed E-state index contributed by atoms with van der Waals surface area (Å²) in [5.74, 6) is 0. The smallest absolute Gasteiger partial charge is 0.195 e. The van der Waals surface area contributed by atoms with Crippen molar-refractivity contribution in [3.05, 3.63) is 0 Å². The molecule has 0 saturated heterocycles. The maximum atomic E-state index is 5.93. The monoisotopic (exact) mass is 161 g/mol. The summed E-state index contributed by atoms with van der Waals surface area (Å²) in [5.41, 5.74) is -0.0834. The first-order chi connectivity index (χ1) is 4.75. The van der Waals surface area contributed by atoms with E-state index < -0.39 is 0 Å². The van der Waals surface area contributed by atoms with E-state index in [0.29, 0.717) is 0 Å². The van der Waals surface area contributed by atoms with Gasteiger partial charge in [-0.15, -0.1) is 0 Å². The van der Waals surface area contributed by atoms with Crippen molar-refractivity contribution in [2.75, 3.05) is 13.6 Å². The van der Waals surface area contributed by atoms with E-state index in [1.165, 1.54) is 0 Å². The molecule has 0 aromatic carbocycles. The van der Waals surface area contributed by atoms with Crippen molar-refractivity contribution < 1.29 is 0 Å². The molecule has 3 nitrogen and oxygen atoms in total. The Morgan fingerprint density at radius 3 is 2.80 bits per heavy atom. The highest BCUT2D eigenvalue weighted by Crippen LogP contribution is 2.13. The Hall–Kier alpha value is -0.440. The van der Waals surface area contributed by atoms with Crippen LogP contribution in [-0.4, -0.2) is 35.5 Å². The Morgan fingerprint density at radius 2 is 2.40 bits per heavy atom. The third-order valence-corrected chi connectivity index (χ3v) is 1.98. The van der Waals surface area contributed by atoms with Gasteiger partial charge in [-0.2, -0.15) is 5.10 Å². The summed E-state index contributed by atoms with van der Waals surface area (Å²) in [6.07, 6.45) is 2.88. The fourth-order valence-corrected chi connectivity index (χ4v) is 1.09. The highest BCUT2D eigenvalue weighted by molar-refractivity contribution is 6.20. The normalized spacial score (nSPS) is 24.5. The third kappa shape index (κ3) is 1.34. The molecule has 0 aromatic heterocycles. The second-order valence-corrected chi connectivity index (χ2v) is 2.74. The molecule has 58 valence electrons. The molecule has 1 unspecified atom stereocenters. The van der Waals surface area contributed by atoms with Gasteiger partial charge in [-0.05, 0) is 6.42 Å². The minimum atomic E-state index is -0.0834. The van der Waals surface area contributed by atoms with Gasteiger partial charge in [0.2, 0.25) is 0 Å². The molecule has 1 heterocycles. The third-order valence-electron chi connectivity index (χ3n) is 1.45. The lowest BCUT2D eigenvalue weighted by Gasteiger charge is -2.21. The second-order valence-electron chi connectivity index (χ2n) is 2.35. The molecule has 1 aliphatic heterocycles. The summed E-state index contributed by atoms with van der Waals surface area (Å²) in [7, 11) is 1.86. The van der Waals surface area contributed by atoms with E-state index in [1.54, 1.807) is 11.3 Å². The predicted octanol–water partition coefficient (Wildman–Crippen LogP) is 1.11. The minimum Gasteiger partial charge on any atom is -0.327 e. The van der Waals surface area contributed by atoms with Crippen LogP contribution in [0.4, 0.5) is 0 Å². The highest BCUT2D eigenvalue weighted by atomic mass is 35.5. The molecule has 0 fully saturated rings. The number of halogens is 1. The molecular weight excluding hydrogens is 150 g/mol. The number of rotatable bonds is 2. The van der Waals surface area contributed by atoms with Gasteiger partial charge in [0, 0.05) is 13.6 Å². The Kier molecular flexibility index (Phi) is 2.38. The Bertz CT molecular complexity index is 137. The fraction of sp³-hybridized carbons (Fsp3) is 0.833. The van der Waals surface area contributed by atoms with E-state index in [0.717, 1.165) is 13.0 Å². The summed E-state index contributed by atoms with van der Waals surface area (Å²) >= 11 is 5.93. The van der Waals surface area contributed by atoms with Gasteiger partial charge in [-0.25, -0.2) is 0 Å². The van der Waals surface area contributed by atoms with Crippen LogP contribution in [0.5, 0.6) is 0 Å². The van der Waals surface area contributed by atoms with E-state index >= 15 is 0 Å². The lowest BCUT2D eigenvalue weighted by atomic mass is 10.4. The van der Waals surface area contributed by atoms with Crippen molar-refractivity contribution >= 4 is 17.9 Å². The van der Waals surface area contributed by atoms with Gasteiger partial charge in [-0.3, -0.25) is 5.01 Å². The topological polar surface area (TPSA) is 18.8 Å². The molecule has 10 heavy (non-hydrogen) atoms. The van der Waals surface area contributed by atoms with Gasteiger partial charge >= 0.3 is 0 Å². The molecule has 0 aliphatic carbocycles. The second kappa shape index (κ2) is 3.10. The molecule has 0 bridgehead atoms.